The maximum atomic E-state index is 12.6. The Morgan fingerprint density at radius 3 is 2.32 bits per heavy atom. The summed E-state index contributed by atoms with van der Waals surface area (Å²) >= 11 is 6.14. The van der Waals surface area contributed by atoms with Crippen molar-refractivity contribution in [3.63, 3.8) is 0 Å². The zero-order valence-electron chi connectivity index (χ0n) is 19.6. The van der Waals surface area contributed by atoms with Gasteiger partial charge in [0.25, 0.3) is 0 Å². The summed E-state index contributed by atoms with van der Waals surface area (Å²) in [7, 11) is 0. The maximum absolute atomic E-state index is 12.6. The van der Waals surface area contributed by atoms with Gasteiger partial charge in [-0.2, -0.15) is 13.2 Å². The van der Waals surface area contributed by atoms with Crippen LogP contribution < -0.4 is 4.74 Å². The SMILES string of the molecule is O=C(O)C(F)(F)F.O=C(O)CCN1CCC2(CC1)COc1cc(C(=O)/C=C/c3ccccc3Cl)ccc12. The Kier molecular flexibility index (Phi) is 8.98. The molecule has 2 N–H and O–H groups in total. The highest BCUT2D eigenvalue weighted by Gasteiger charge is 2.43. The van der Waals surface area contributed by atoms with Crippen LogP contribution in [0.1, 0.15) is 40.7 Å². The number of benzene rings is 2. The molecule has 0 aliphatic carbocycles. The molecule has 1 spiro atoms. The van der Waals surface area contributed by atoms with Gasteiger partial charge in [0.2, 0.25) is 0 Å². The Labute approximate surface area is 216 Å². The quantitative estimate of drug-likeness (QED) is 0.390. The van der Waals surface area contributed by atoms with Crippen molar-refractivity contribution < 1.29 is 42.5 Å². The average molecular weight is 540 g/mol. The second kappa shape index (κ2) is 11.8. The molecule has 0 saturated carbocycles. The number of nitrogens with zero attached hydrogens (tertiary/aromatic N) is 1. The number of aliphatic carboxylic acids is 2. The average Bonchev–Trinajstić information content (AvgIpc) is 3.20. The highest BCUT2D eigenvalue weighted by atomic mass is 35.5. The number of ether oxygens (including phenoxy) is 1. The minimum atomic E-state index is -5.08. The fourth-order valence-electron chi connectivity index (χ4n) is 4.27. The van der Waals surface area contributed by atoms with Crippen LogP contribution in [-0.2, 0) is 15.0 Å². The molecule has 2 aromatic carbocycles. The number of likely N-dealkylation sites (tertiary alicyclic amines) is 1. The van der Waals surface area contributed by atoms with Gasteiger partial charge in [-0.1, -0.05) is 41.9 Å². The largest absolute Gasteiger partial charge is 0.492 e. The van der Waals surface area contributed by atoms with E-state index in [9.17, 15) is 22.8 Å². The lowest BCUT2D eigenvalue weighted by atomic mass is 9.74. The minimum absolute atomic E-state index is 0.0377. The van der Waals surface area contributed by atoms with Gasteiger partial charge < -0.3 is 19.8 Å². The van der Waals surface area contributed by atoms with Crippen molar-refractivity contribution in [1.29, 1.82) is 0 Å². The third-order valence-electron chi connectivity index (χ3n) is 6.36. The topological polar surface area (TPSA) is 104 Å². The lowest BCUT2D eigenvalue weighted by Crippen LogP contribution is -2.44. The van der Waals surface area contributed by atoms with Crippen LogP contribution in [-0.4, -0.2) is 65.3 Å². The first-order valence-electron chi connectivity index (χ1n) is 11.4. The Hall–Kier alpha value is -3.37. The van der Waals surface area contributed by atoms with Crippen molar-refractivity contribution in [1.82, 2.24) is 4.90 Å². The molecular formula is C26H25ClF3NO6. The Morgan fingerprint density at radius 1 is 1.08 bits per heavy atom. The van der Waals surface area contributed by atoms with Gasteiger partial charge in [-0.3, -0.25) is 9.59 Å². The third-order valence-corrected chi connectivity index (χ3v) is 6.70. The second-order valence-electron chi connectivity index (χ2n) is 8.79. The number of ketones is 1. The van der Waals surface area contributed by atoms with E-state index in [1.807, 2.05) is 36.4 Å². The molecule has 7 nitrogen and oxygen atoms in total. The summed E-state index contributed by atoms with van der Waals surface area (Å²) in [6.45, 7) is 2.92. The first-order chi connectivity index (χ1) is 17.4. The van der Waals surface area contributed by atoms with Gasteiger partial charge >= 0.3 is 18.1 Å². The van der Waals surface area contributed by atoms with Gasteiger partial charge in [0.1, 0.15) is 5.75 Å². The van der Waals surface area contributed by atoms with Crippen molar-refractivity contribution in [2.24, 2.45) is 0 Å². The van der Waals surface area contributed by atoms with Crippen LogP contribution in [0, 0.1) is 0 Å². The van der Waals surface area contributed by atoms with Crippen LogP contribution in [0.2, 0.25) is 5.02 Å². The number of hydrogen-bond donors (Lipinski definition) is 2. The summed E-state index contributed by atoms with van der Waals surface area (Å²) in [5.74, 6) is -2.82. The Balaban J connectivity index is 0.000000479. The van der Waals surface area contributed by atoms with E-state index in [-0.39, 0.29) is 17.6 Å². The maximum Gasteiger partial charge on any atom is 0.490 e. The van der Waals surface area contributed by atoms with E-state index in [4.69, 9.17) is 31.3 Å². The van der Waals surface area contributed by atoms with Crippen LogP contribution in [0.5, 0.6) is 5.75 Å². The molecule has 11 heteroatoms. The zero-order valence-corrected chi connectivity index (χ0v) is 20.4. The lowest BCUT2D eigenvalue weighted by Gasteiger charge is -2.38. The molecule has 2 heterocycles. The molecule has 0 aromatic heterocycles. The number of fused-ring (bicyclic) bond motifs is 2. The van der Waals surface area contributed by atoms with Gasteiger partial charge in [-0.15, -0.1) is 0 Å². The highest BCUT2D eigenvalue weighted by molar-refractivity contribution is 6.32. The monoisotopic (exact) mass is 539 g/mol. The highest BCUT2D eigenvalue weighted by Crippen LogP contribution is 2.45. The van der Waals surface area contributed by atoms with Crippen molar-refractivity contribution in [2.45, 2.75) is 30.9 Å². The van der Waals surface area contributed by atoms with Gasteiger partial charge in [0, 0.05) is 28.1 Å². The molecule has 0 unspecified atom stereocenters. The predicted octanol–water partition coefficient (Wildman–Crippen LogP) is 5.07. The third kappa shape index (κ3) is 7.33. The molecule has 2 aliphatic heterocycles. The van der Waals surface area contributed by atoms with Crippen LogP contribution >= 0.6 is 11.6 Å². The number of piperidine rings is 1. The molecule has 37 heavy (non-hydrogen) atoms. The molecule has 2 aromatic rings. The molecule has 0 radical (unpaired) electrons. The van der Waals surface area contributed by atoms with E-state index in [1.54, 1.807) is 12.1 Å². The van der Waals surface area contributed by atoms with E-state index in [0.29, 0.717) is 23.7 Å². The number of allylic oxidation sites excluding steroid dienone is 1. The lowest BCUT2D eigenvalue weighted by molar-refractivity contribution is -0.192. The summed E-state index contributed by atoms with van der Waals surface area (Å²) in [5.41, 5.74) is 2.52. The molecule has 198 valence electrons. The van der Waals surface area contributed by atoms with Crippen LogP contribution in [0.25, 0.3) is 6.08 Å². The molecule has 0 bridgehead atoms. The predicted molar refractivity (Wildman–Crippen MR) is 130 cm³/mol. The molecule has 0 amide bonds. The number of hydrogen-bond acceptors (Lipinski definition) is 5. The van der Waals surface area contributed by atoms with Gasteiger partial charge in [-0.05, 0) is 55.8 Å². The number of carboxylic acid groups (broad SMARTS) is 2. The summed E-state index contributed by atoms with van der Waals surface area (Å²) in [6.07, 6.45) is 0.216. The Morgan fingerprint density at radius 2 is 1.73 bits per heavy atom. The molecule has 2 aliphatic rings. The summed E-state index contributed by atoms with van der Waals surface area (Å²) in [5, 5.41) is 16.6. The first kappa shape index (κ1) is 28.2. The van der Waals surface area contributed by atoms with Crippen molar-refractivity contribution >= 4 is 35.4 Å². The van der Waals surface area contributed by atoms with E-state index in [0.717, 1.165) is 42.8 Å². The smallest absolute Gasteiger partial charge is 0.490 e. The zero-order chi connectivity index (χ0) is 27.2. The number of alkyl halides is 3. The van der Waals surface area contributed by atoms with Crippen LogP contribution in [0.4, 0.5) is 13.2 Å². The standard InChI is InChI=1S/C24H24ClNO4.C2HF3O2/c25-20-4-2-1-3-17(20)6-8-21(27)18-5-7-19-22(15-18)30-16-24(19)10-13-26(14-11-24)12-9-23(28)29;3-2(4,5)1(6)7/h1-8,15H,9-14,16H2,(H,28,29);(H,6,7)/b8-6+;. The fraction of sp³-hybridized carbons (Fsp3) is 0.346. The fourth-order valence-corrected chi connectivity index (χ4v) is 4.47. The van der Waals surface area contributed by atoms with Gasteiger partial charge in [0.05, 0.1) is 13.0 Å². The van der Waals surface area contributed by atoms with E-state index >= 15 is 0 Å². The Bertz CT molecular complexity index is 1190. The molecule has 4 rings (SSSR count). The number of carbonyl (C=O) groups excluding carboxylic acids is 1. The number of carbonyl (C=O) groups is 3. The number of rotatable bonds is 6. The second-order valence-corrected chi connectivity index (χ2v) is 9.19. The van der Waals surface area contributed by atoms with E-state index in [2.05, 4.69) is 4.90 Å². The number of halogens is 4. The van der Waals surface area contributed by atoms with Crippen molar-refractivity contribution in [3.8, 4) is 5.75 Å². The molecule has 1 fully saturated rings. The first-order valence-corrected chi connectivity index (χ1v) is 11.8. The van der Waals surface area contributed by atoms with Gasteiger partial charge in [-0.25, -0.2) is 4.79 Å². The minimum Gasteiger partial charge on any atom is -0.492 e. The molecule has 0 atom stereocenters. The van der Waals surface area contributed by atoms with Crippen molar-refractivity contribution in [3.05, 3.63) is 70.3 Å². The van der Waals surface area contributed by atoms with Crippen molar-refractivity contribution in [2.75, 3.05) is 26.2 Å². The van der Waals surface area contributed by atoms with Gasteiger partial charge in [0.15, 0.2) is 5.78 Å². The summed E-state index contributed by atoms with van der Waals surface area (Å²) in [4.78, 5) is 34.5. The van der Waals surface area contributed by atoms with E-state index < -0.39 is 18.1 Å². The molecular weight excluding hydrogens is 515 g/mol. The number of carboxylic acids is 2. The van der Waals surface area contributed by atoms with Crippen LogP contribution in [0.15, 0.2) is 48.5 Å². The normalized spacial score (nSPS) is 16.5. The molecule has 1 saturated heterocycles. The van der Waals surface area contributed by atoms with E-state index in [1.165, 1.54) is 6.08 Å². The van der Waals surface area contributed by atoms with Crippen LogP contribution in [0.3, 0.4) is 0 Å². The summed E-state index contributed by atoms with van der Waals surface area (Å²) in [6, 6.07) is 13.1. The summed E-state index contributed by atoms with van der Waals surface area (Å²) < 4.78 is 37.7.